The Morgan fingerprint density at radius 1 is 0.698 bits per heavy atom. The predicted octanol–water partition coefficient (Wildman–Crippen LogP) is 3.22. The number of hydrogen-bond acceptors (Lipinski definition) is 10. The van der Waals surface area contributed by atoms with E-state index < -0.39 is 40.7 Å². The van der Waals surface area contributed by atoms with Crippen LogP contribution in [0.3, 0.4) is 0 Å². The number of rotatable bonds is 9. The van der Waals surface area contributed by atoms with E-state index in [9.17, 15) is 38.7 Å². The van der Waals surface area contributed by atoms with Gasteiger partial charge in [-0.25, -0.2) is 29.1 Å². The predicted molar refractivity (Wildman–Crippen MR) is 188 cm³/mol. The van der Waals surface area contributed by atoms with Crippen molar-refractivity contribution in [2.75, 3.05) is 5.73 Å². The number of aromatic carboxylic acids is 3. The van der Waals surface area contributed by atoms with Crippen LogP contribution in [0.4, 0.5) is 5.69 Å². The Labute approximate surface area is 295 Å². The maximum Gasteiger partial charge on any atom is 0.337 e. The molecule has 0 bridgehead atoms. The number of carbonyl (C=O) groups is 5. The molecule has 0 saturated carbocycles. The molecule has 7 aromatic rings. The van der Waals surface area contributed by atoms with Gasteiger partial charge < -0.3 is 26.0 Å². The molecule has 5 aromatic heterocycles. The SMILES string of the molecule is CCCn1c(=O)[nH]c2ccc(C(=O)c3ncc4ccc(C(=O)O)cn34)cc2c1=O.Nc1ccc(C(=O)c2ncc3ccc(C(=O)O)cn23)cc1C(=O)O. The highest BCUT2D eigenvalue weighted by Gasteiger charge is 2.20. The Balaban J connectivity index is 0.000000185. The summed E-state index contributed by atoms with van der Waals surface area (Å²) in [7, 11) is 0. The highest BCUT2D eigenvalue weighted by molar-refractivity contribution is 6.10. The van der Waals surface area contributed by atoms with E-state index in [-0.39, 0.29) is 57.1 Å². The average molecular weight is 718 g/mol. The molecule has 17 heteroatoms. The zero-order chi connectivity index (χ0) is 38.1. The number of carboxylic acids is 3. The second-order valence-corrected chi connectivity index (χ2v) is 11.6. The number of hydrogen-bond donors (Lipinski definition) is 5. The van der Waals surface area contributed by atoms with E-state index in [0.29, 0.717) is 23.0 Å². The summed E-state index contributed by atoms with van der Waals surface area (Å²) < 4.78 is 3.85. The zero-order valence-electron chi connectivity index (χ0n) is 27.5. The first-order chi connectivity index (χ1) is 25.3. The van der Waals surface area contributed by atoms with E-state index in [1.54, 1.807) is 6.07 Å². The number of nitrogens with one attached hydrogen (secondary N) is 1. The molecule has 0 unspecified atom stereocenters. The number of carboxylic acid groups (broad SMARTS) is 3. The van der Waals surface area contributed by atoms with Crippen LogP contribution in [0.15, 0.2) is 95.0 Å². The van der Waals surface area contributed by atoms with Crippen molar-refractivity contribution >= 4 is 57.1 Å². The van der Waals surface area contributed by atoms with E-state index in [2.05, 4.69) is 15.0 Å². The Morgan fingerprint density at radius 2 is 1.21 bits per heavy atom. The largest absolute Gasteiger partial charge is 0.478 e. The first-order valence-corrected chi connectivity index (χ1v) is 15.7. The summed E-state index contributed by atoms with van der Waals surface area (Å²) in [5.74, 6) is -4.50. The van der Waals surface area contributed by atoms with Crippen molar-refractivity contribution in [1.29, 1.82) is 0 Å². The molecule has 17 nitrogen and oxygen atoms in total. The minimum absolute atomic E-state index is 0.00178. The molecule has 0 saturated heterocycles. The van der Waals surface area contributed by atoms with Crippen molar-refractivity contribution in [3.05, 3.63) is 146 Å². The van der Waals surface area contributed by atoms with Gasteiger partial charge in [-0.05, 0) is 67.1 Å². The van der Waals surface area contributed by atoms with Crippen LogP contribution in [-0.2, 0) is 6.54 Å². The van der Waals surface area contributed by atoms with Crippen LogP contribution in [0, 0.1) is 0 Å². The van der Waals surface area contributed by atoms with E-state index in [0.717, 1.165) is 4.57 Å². The molecule has 0 aliphatic heterocycles. The number of anilines is 1. The quantitative estimate of drug-likeness (QED) is 0.106. The molecule has 266 valence electrons. The Bertz CT molecular complexity index is 2790. The lowest BCUT2D eigenvalue weighted by molar-refractivity contribution is 0.0685. The van der Waals surface area contributed by atoms with E-state index >= 15 is 0 Å². The van der Waals surface area contributed by atoms with Crippen molar-refractivity contribution in [3.63, 3.8) is 0 Å². The number of carbonyl (C=O) groups excluding carboxylic acids is 2. The van der Waals surface area contributed by atoms with Crippen LogP contribution >= 0.6 is 0 Å². The van der Waals surface area contributed by atoms with Gasteiger partial charge in [-0.2, -0.15) is 0 Å². The summed E-state index contributed by atoms with van der Waals surface area (Å²) >= 11 is 0. The first-order valence-electron chi connectivity index (χ1n) is 15.7. The second kappa shape index (κ2) is 13.9. The van der Waals surface area contributed by atoms with Gasteiger partial charge in [0.15, 0.2) is 11.6 Å². The lowest BCUT2D eigenvalue weighted by Crippen LogP contribution is -2.35. The van der Waals surface area contributed by atoms with Crippen molar-refractivity contribution in [3.8, 4) is 0 Å². The molecule has 2 aromatic carbocycles. The number of aromatic amines is 1. The zero-order valence-corrected chi connectivity index (χ0v) is 27.5. The highest BCUT2D eigenvalue weighted by atomic mass is 16.4. The molecule has 5 heterocycles. The molecular weight excluding hydrogens is 690 g/mol. The summed E-state index contributed by atoms with van der Waals surface area (Å²) in [5, 5.41) is 27.6. The molecule has 53 heavy (non-hydrogen) atoms. The number of fused-ring (bicyclic) bond motifs is 3. The van der Waals surface area contributed by atoms with E-state index in [1.165, 1.54) is 88.2 Å². The van der Waals surface area contributed by atoms with Crippen molar-refractivity contribution in [2.45, 2.75) is 19.9 Å². The fourth-order valence-electron chi connectivity index (χ4n) is 5.53. The molecule has 0 aliphatic rings. The van der Waals surface area contributed by atoms with Crippen LogP contribution in [0.1, 0.15) is 76.8 Å². The minimum Gasteiger partial charge on any atom is -0.478 e. The van der Waals surface area contributed by atoms with Crippen LogP contribution in [0.5, 0.6) is 0 Å². The lowest BCUT2D eigenvalue weighted by atomic mass is 10.1. The molecule has 0 amide bonds. The standard InChI is InChI=1S/C20H16N4O5.C16H11N3O5/c1-2-7-23-18(26)14-8-11(4-6-15(14)22-20(23)29)16(25)17-21-9-13-5-3-12(19(27)28)10-24(13)17;17-12-4-2-8(5-11(12)16(23)24)13(20)14-18-6-10-3-1-9(15(21)22)7-19(10)14/h3-6,8-10H,2,7H2,1H3,(H,22,29)(H,27,28);1-7H,17H2,(H,21,22)(H,23,24). The van der Waals surface area contributed by atoms with Gasteiger partial charge in [0, 0.05) is 35.8 Å². The second-order valence-electron chi connectivity index (χ2n) is 11.6. The van der Waals surface area contributed by atoms with Gasteiger partial charge in [0.2, 0.25) is 11.6 Å². The summed E-state index contributed by atoms with van der Waals surface area (Å²) in [6.45, 7) is 2.12. The summed E-state index contributed by atoms with van der Waals surface area (Å²) in [6, 6.07) is 14.2. The van der Waals surface area contributed by atoms with Gasteiger partial charge in [-0.1, -0.05) is 6.92 Å². The number of nitrogen functional groups attached to an aromatic ring is 1. The molecule has 0 aliphatic carbocycles. The monoisotopic (exact) mass is 717 g/mol. The van der Waals surface area contributed by atoms with Crippen molar-refractivity contribution in [2.24, 2.45) is 0 Å². The van der Waals surface area contributed by atoms with Gasteiger partial charge in [0.1, 0.15) is 0 Å². The van der Waals surface area contributed by atoms with Gasteiger partial charge >= 0.3 is 23.6 Å². The maximum absolute atomic E-state index is 13.0. The van der Waals surface area contributed by atoms with Crippen LogP contribution in [-0.4, -0.2) is 73.1 Å². The Morgan fingerprint density at radius 3 is 1.72 bits per heavy atom. The summed E-state index contributed by atoms with van der Waals surface area (Å²) in [5.41, 5.74) is 6.22. The number of imidazole rings is 2. The third-order valence-corrected chi connectivity index (χ3v) is 8.19. The first kappa shape index (κ1) is 35.1. The Hall–Kier alpha value is -7.69. The van der Waals surface area contributed by atoms with Crippen molar-refractivity contribution in [1.82, 2.24) is 28.3 Å². The number of nitrogens with two attached hydrogens (primary N) is 1. The third kappa shape index (κ3) is 6.64. The molecular formula is C36H27N7O10. The lowest BCUT2D eigenvalue weighted by Gasteiger charge is -2.07. The molecule has 0 atom stereocenters. The molecule has 0 spiro atoms. The molecule has 0 radical (unpaired) electrons. The van der Waals surface area contributed by atoms with E-state index in [1.807, 2.05) is 6.92 Å². The maximum atomic E-state index is 13.0. The fourth-order valence-corrected chi connectivity index (χ4v) is 5.53. The van der Waals surface area contributed by atoms with Crippen LogP contribution in [0.2, 0.25) is 0 Å². The number of H-pyrrole nitrogens is 1. The minimum atomic E-state index is -1.25. The smallest absolute Gasteiger partial charge is 0.337 e. The number of pyridine rings is 2. The number of benzene rings is 2. The van der Waals surface area contributed by atoms with E-state index in [4.69, 9.17) is 15.9 Å². The van der Waals surface area contributed by atoms with Gasteiger partial charge in [-0.3, -0.25) is 27.8 Å². The number of nitrogens with zero attached hydrogens (tertiary/aromatic N) is 5. The highest BCUT2D eigenvalue weighted by Crippen LogP contribution is 2.19. The normalized spacial score (nSPS) is 11.0. The topological polar surface area (TPSA) is 262 Å². The summed E-state index contributed by atoms with van der Waals surface area (Å²) in [4.78, 5) is 94.6. The van der Waals surface area contributed by atoms with Gasteiger partial charge in [0.05, 0.1) is 51.0 Å². The number of ketones is 2. The Kier molecular flexibility index (Phi) is 9.22. The van der Waals surface area contributed by atoms with Crippen LogP contribution < -0.4 is 17.0 Å². The fraction of sp³-hybridized carbons (Fsp3) is 0.0833. The molecule has 6 N–H and O–H groups in total. The average Bonchev–Trinajstić information content (AvgIpc) is 3.77. The molecule has 0 fully saturated rings. The van der Waals surface area contributed by atoms with Gasteiger partial charge in [0.25, 0.3) is 5.56 Å². The van der Waals surface area contributed by atoms with Crippen LogP contribution in [0.25, 0.3) is 21.9 Å². The third-order valence-electron chi connectivity index (χ3n) is 8.19. The summed E-state index contributed by atoms with van der Waals surface area (Å²) in [6.07, 6.45) is 6.11. The molecule has 7 rings (SSSR count). The number of aromatic nitrogens is 6. The van der Waals surface area contributed by atoms with Crippen molar-refractivity contribution < 1.29 is 39.3 Å². The van der Waals surface area contributed by atoms with Gasteiger partial charge in [-0.15, -0.1) is 0 Å².